The quantitative estimate of drug-likeness (QED) is 0.581. The van der Waals surface area contributed by atoms with Crippen LogP contribution in [0.5, 0.6) is 0 Å². The second-order valence-corrected chi connectivity index (χ2v) is 1.56. The third-order valence-electron chi connectivity index (χ3n) is 0.799. The molecule has 1 aromatic rings. The van der Waals surface area contributed by atoms with Crippen LogP contribution in [0.15, 0.2) is 6.20 Å². The van der Waals surface area contributed by atoms with Crippen LogP contribution in [0.1, 0.15) is 0 Å². The largest absolute Gasteiger partial charge is 0.381 e. The van der Waals surface area contributed by atoms with Gasteiger partial charge in [0.2, 0.25) is 0 Å². The SMILES string of the molecule is COCn1ncc(N)n1. The van der Waals surface area contributed by atoms with Gasteiger partial charge in [0.15, 0.2) is 12.5 Å². The van der Waals surface area contributed by atoms with Crippen molar-refractivity contribution in [2.75, 3.05) is 12.8 Å². The van der Waals surface area contributed by atoms with Crippen LogP contribution < -0.4 is 5.73 Å². The van der Waals surface area contributed by atoms with Gasteiger partial charge in [0.1, 0.15) is 0 Å². The Hall–Kier alpha value is -1.10. The van der Waals surface area contributed by atoms with E-state index in [2.05, 4.69) is 10.2 Å². The molecule has 0 fully saturated rings. The lowest BCUT2D eigenvalue weighted by Crippen LogP contribution is -2.03. The van der Waals surface area contributed by atoms with Crippen molar-refractivity contribution in [3.8, 4) is 0 Å². The number of anilines is 1. The fraction of sp³-hybridized carbons (Fsp3) is 0.500. The first-order valence-corrected chi connectivity index (χ1v) is 2.47. The van der Waals surface area contributed by atoms with Gasteiger partial charge in [-0.15, -0.1) is 5.10 Å². The summed E-state index contributed by atoms with van der Waals surface area (Å²) in [4.78, 5) is 1.37. The summed E-state index contributed by atoms with van der Waals surface area (Å²) in [5, 5.41) is 7.52. The van der Waals surface area contributed by atoms with E-state index in [1.54, 1.807) is 7.11 Å². The van der Waals surface area contributed by atoms with E-state index in [4.69, 9.17) is 10.5 Å². The van der Waals surface area contributed by atoms with E-state index in [0.29, 0.717) is 12.5 Å². The number of rotatable bonds is 2. The monoisotopic (exact) mass is 128 g/mol. The van der Waals surface area contributed by atoms with Gasteiger partial charge in [0.25, 0.3) is 0 Å². The number of hydrogen-bond donors (Lipinski definition) is 1. The second-order valence-electron chi connectivity index (χ2n) is 1.56. The molecule has 0 saturated heterocycles. The lowest BCUT2D eigenvalue weighted by atomic mass is 10.8. The van der Waals surface area contributed by atoms with Crippen LogP contribution in [-0.4, -0.2) is 22.1 Å². The Balaban J connectivity index is 2.61. The average Bonchev–Trinajstić information content (AvgIpc) is 2.17. The molecule has 0 amide bonds. The van der Waals surface area contributed by atoms with Crippen LogP contribution in [0, 0.1) is 0 Å². The van der Waals surface area contributed by atoms with E-state index < -0.39 is 0 Å². The van der Waals surface area contributed by atoms with Crippen molar-refractivity contribution in [3.05, 3.63) is 6.20 Å². The van der Waals surface area contributed by atoms with Crippen LogP contribution in [0.3, 0.4) is 0 Å². The Bertz CT molecular complexity index is 184. The number of nitrogens with two attached hydrogens (primary N) is 1. The Morgan fingerprint density at radius 3 is 3.11 bits per heavy atom. The smallest absolute Gasteiger partial charge is 0.166 e. The highest BCUT2D eigenvalue weighted by atomic mass is 16.5. The van der Waals surface area contributed by atoms with Crippen molar-refractivity contribution in [2.45, 2.75) is 6.73 Å². The minimum absolute atomic E-state index is 0.344. The van der Waals surface area contributed by atoms with Gasteiger partial charge in [-0.3, -0.25) is 0 Å². The minimum atomic E-state index is 0.344. The molecule has 50 valence electrons. The average molecular weight is 128 g/mol. The zero-order chi connectivity index (χ0) is 6.69. The minimum Gasteiger partial charge on any atom is -0.381 e. The Labute approximate surface area is 52.4 Å². The molecule has 5 nitrogen and oxygen atoms in total. The van der Waals surface area contributed by atoms with Crippen molar-refractivity contribution in [3.63, 3.8) is 0 Å². The fourth-order valence-corrected chi connectivity index (χ4v) is 0.488. The summed E-state index contributed by atoms with van der Waals surface area (Å²) in [7, 11) is 1.57. The maximum atomic E-state index is 5.26. The van der Waals surface area contributed by atoms with E-state index in [9.17, 15) is 0 Å². The van der Waals surface area contributed by atoms with Gasteiger partial charge in [0.05, 0.1) is 6.20 Å². The predicted octanol–water partition coefficient (Wildman–Crippen LogP) is -0.536. The lowest BCUT2D eigenvalue weighted by Gasteiger charge is -1.92. The van der Waals surface area contributed by atoms with Crippen LogP contribution in [0.2, 0.25) is 0 Å². The molecule has 0 spiro atoms. The predicted molar refractivity (Wildman–Crippen MR) is 31.4 cm³/mol. The number of nitrogen functional groups attached to an aromatic ring is 1. The first kappa shape index (κ1) is 6.03. The lowest BCUT2D eigenvalue weighted by molar-refractivity contribution is 0.108. The van der Waals surface area contributed by atoms with Gasteiger partial charge in [0, 0.05) is 7.11 Å². The molecule has 9 heavy (non-hydrogen) atoms. The summed E-state index contributed by atoms with van der Waals surface area (Å²) < 4.78 is 4.72. The van der Waals surface area contributed by atoms with Crippen molar-refractivity contribution in [2.24, 2.45) is 0 Å². The van der Waals surface area contributed by atoms with Crippen molar-refractivity contribution < 1.29 is 4.74 Å². The molecule has 0 bridgehead atoms. The summed E-state index contributed by atoms with van der Waals surface area (Å²) in [6, 6.07) is 0. The third kappa shape index (κ3) is 1.39. The highest BCUT2D eigenvalue weighted by Crippen LogP contribution is 1.89. The number of nitrogens with zero attached hydrogens (tertiary/aromatic N) is 3. The van der Waals surface area contributed by atoms with Gasteiger partial charge in [-0.2, -0.15) is 9.90 Å². The molecule has 5 heteroatoms. The van der Waals surface area contributed by atoms with Crippen molar-refractivity contribution in [1.82, 2.24) is 15.0 Å². The molecule has 0 saturated carbocycles. The molecule has 1 aromatic heterocycles. The molecule has 1 rings (SSSR count). The Kier molecular flexibility index (Phi) is 1.64. The molecule has 0 aliphatic carbocycles. The van der Waals surface area contributed by atoms with Gasteiger partial charge in [-0.05, 0) is 0 Å². The van der Waals surface area contributed by atoms with E-state index in [1.165, 1.54) is 11.0 Å². The molecule has 2 N–H and O–H groups in total. The van der Waals surface area contributed by atoms with Crippen LogP contribution in [0.4, 0.5) is 5.82 Å². The maximum absolute atomic E-state index is 5.26. The molecule has 0 radical (unpaired) electrons. The van der Waals surface area contributed by atoms with Gasteiger partial charge in [-0.1, -0.05) is 0 Å². The number of ether oxygens (including phenoxy) is 1. The zero-order valence-corrected chi connectivity index (χ0v) is 5.11. The van der Waals surface area contributed by atoms with E-state index in [-0.39, 0.29) is 0 Å². The van der Waals surface area contributed by atoms with Gasteiger partial charge >= 0.3 is 0 Å². The first-order chi connectivity index (χ1) is 4.33. The highest BCUT2D eigenvalue weighted by Gasteiger charge is 1.91. The van der Waals surface area contributed by atoms with Gasteiger partial charge < -0.3 is 10.5 Å². The fourth-order valence-electron chi connectivity index (χ4n) is 0.488. The molecule has 0 aliphatic rings. The number of methoxy groups -OCH3 is 1. The second kappa shape index (κ2) is 2.45. The summed E-state index contributed by atoms with van der Waals surface area (Å²) >= 11 is 0. The van der Waals surface area contributed by atoms with E-state index in [1.807, 2.05) is 0 Å². The first-order valence-electron chi connectivity index (χ1n) is 2.47. The zero-order valence-electron chi connectivity index (χ0n) is 5.11. The topological polar surface area (TPSA) is 66.0 Å². The van der Waals surface area contributed by atoms with E-state index in [0.717, 1.165) is 0 Å². The molecule has 0 unspecified atom stereocenters. The molecule has 0 atom stereocenters. The Morgan fingerprint density at radius 2 is 2.67 bits per heavy atom. The Morgan fingerprint density at radius 1 is 1.89 bits per heavy atom. The summed E-state index contributed by atoms with van der Waals surface area (Å²) in [5.74, 6) is 0.409. The molecule has 1 heterocycles. The molecule has 0 aliphatic heterocycles. The third-order valence-corrected chi connectivity index (χ3v) is 0.799. The molecular weight excluding hydrogens is 120 g/mol. The van der Waals surface area contributed by atoms with Crippen molar-refractivity contribution >= 4 is 5.82 Å². The van der Waals surface area contributed by atoms with Crippen LogP contribution in [-0.2, 0) is 11.5 Å². The number of hydrogen-bond acceptors (Lipinski definition) is 4. The normalized spacial score (nSPS) is 9.89. The van der Waals surface area contributed by atoms with E-state index >= 15 is 0 Å². The molecular formula is C4H8N4O. The van der Waals surface area contributed by atoms with Crippen molar-refractivity contribution in [1.29, 1.82) is 0 Å². The maximum Gasteiger partial charge on any atom is 0.166 e. The summed E-state index contributed by atoms with van der Waals surface area (Å²) in [6.07, 6.45) is 1.47. The summed E-state index contributed by atoms with van der Waals surface area (Å²) in [6.45, 7) is 0.344. The highest BCUT2D eigenvalue weighted by molar-refractivity contribution is 5.19. The standard InChI is InChI=1S/C4H8N4O/c1-9-3-8-6-2-4(5)7-8/h2H,3H2,1H3,(H2,5,7). The van der Waals surface area contributed by atoms with Crippen LogP contribution >= 0.6 is 0 Å². The molecule has 0 aromatic carbocycles. The van der Waals surface area contributed by atoms with Gasteiger partial charge in [-0.25, -0.2) is 0 Å². The number of aromatic nitrogens is 3. The van der Waals surface area contributed by atoms with Crippen LogP contribution in [0.25, 0.3) is 0 Å². The summed E-state index contributed by atoms with van der Waals surface area (Å²) in [5.41, 5.74) is 5.26.